The average molecular weight is 284 g/mol. The Morgan fingerprint density at radius 3 is 2.86 bits per heavy atom. The van der Waals surface area contributed by atoms with E-state index in [1.165, 1.54) is 44.5 Å². The van der Waals surface area contributed by atoms with Crippen LogP contribution in [-0.4, -0.2) is 39.1 Å². The van der Waals surface area contributed by atoms with Crippen molar-refractivity contribution in [2.45, 2.75) is 51.0 Å². The van der Waals surface area contributed by atoms with Gasteiger partial charge in [0.25, 0.3) is 0 Å². The molecule has 0 radical (unpaired) electrons. The van der Waals surface area contributed by atoms with Gasteiger partial charge in [-0.25, -0.2) is 9.97 Å². The Morgan fingerprint density at radius 2 is 2.10 bits per heavy atom. The van der Waals surface area contributed by atoms with E-state index in [1.807, 2.05) is 12.3 Å². The Kier molecular flexibility index (Phi) is 3.42. The van der Waals surface area contributed by atoms with Gasteiger partial charge in [0.05, 0.1) is 0 Å². The van der Waals surface area contributed by atoms with Crippen LogP contribution in [0.1, 0.15) is 56.8 Å². The highest BCUT2D eigenvalue weighted by Gasteiger charge is 2.31. The topological polar surface area (TPSA) is 34.0 Å². The molecule has 4 rings (SSSR count). The molecular weight excluding hydrogens is 260 g/mol. The normalized spacial score (nSPS) is 24.3. The van der Waals surface area contributed by atoms with Crippen LogP contribution in [0.15, 0.2) is 18.3 Å². The third kappa shape index (κ3) is 2.26. The van der Waals surface area contributed by atoms with Gasteiger partial charge in [0, 0.05) is 24.7 Å². The van der Waals surface area contributed by atoms with Crippen molar-refractivity contribution in [3.63, 3.8) is 0 Å². The van der Waals surface area contributed by atoms with Crippen LogP contribution in [0.4, 0.5) is 0 Å². The summed E-state index contributed by atoms with van der Waals surface area (Å²) in [6, 6.07) is 4.74. The molecule has 1 aliphatic heterocycles. The van der Waals surface area contributed by atoms with Gasteiger partial charge in [-0.1, -0.05) is 19.8 Å². The van der Waals surface area contributed by atoms with Crippen LogP contribution in [0.5, 0.6) is 0 Å². The van der Waals surface area contributed by atoms with Crippen molar-refractivity contribution >= 4 is 11.2 Å². The van der Waals surface area contributed by atoms with E-state index in [1.54, 1.807) is 0 Å². The van der Waals surface area contributed by atoms with Gasteiger partial charge in [0.15, 0.2) is 5.65 Å². The first-order chi connectivity index (χ1) is 10.4. The Morgan fingerprint density at radius 1 is 1.24 bits per heavy atom. The molecule has 1 aliphatic carbocycles. The lowest BCUT2D eigenvalue weighted by Gasteiger charge is -2.19. The molecule has 4 nitrogen and oxygen atoms in total. The number of hydrogen-bond acceptors (Lipinski definition) is 3. The number of fused-ring (bicyclic) bond motifs is 1. The van der Waals surface area contributed by atoms with Gasteiger partial charge >= 0.3 is 0 Å². The maximum atomic E-state index is 4.98. The highest BCUT2D eigenvalue weighted by atomic mass is 15.2. The molecule has 1 saturated heterocycles. The molecule has 2 aliphatic rings. The smallest absolute Gasteiger partial charge is 0.160 e. The minimum atomic E-state index is 0.583. The molecule has 3 heterocycles. The van der Waals surface area contributed by atoms with Gasteiger partial charge in [-0.05, 0) is 44.5 Å². The number of rotatable bonds is 3. The summed E-state index contributed by atoms with van der Waals surface area (Å²) in [7, 11) is 0. The molecule has 2 aromatic rings. The Labute approximate surface area is 126 Å². The molecule has 2 aromatic heterocycles. The molecule has 112 valence electrons. The number of likely N-dealkylation sites (tertiary alicyclic amines) is 1. The van der Waals surface area contributed by atoms with Crippen molar-refractivity contribution in [1.82, 2.24) is 19.4 Å². The summed E-state index contributed by atoms with van der Waals surface area (Å²) in [4.78, 5) is 12.2. The number of imidazole rings is 1. The molecule has 4 heteroatoms. The largest absolute Gasteiger partial charge is 0.309 e. The van der Waals surface area contributed by atoms with Crippen molar-refractivity contribution in [3.05, 3.63) is 24.2 Å². The summed E-state index contributed by atoms with van der Waals surface area (Å²) in [6.45, 7) is 5.78. The summed E-state index contributed by atoms with van der Waals surface area (Å²) in [6.07, 6.45) is 8.43. The van der Waals surface area contributed by atoms with Crippen LogP contribution < -0.4 is 0 Å². The summed E-state index contributed by atoms with van der Waals surface area (Å²) in [5, 5.41) is 0. The zero-order valence-electron chi connectivity index (χ0n) is 12.8. The van der Waals surface area contributed by atoms with Crippen molar-refractivity contribution in [2.24, 2.45) is 0 Å². The zero-order chi connectivity index (χ0) is 14.2. The van der Waals surface area contributed by atoms with Gasteiger partial charge in [-0.2, -0.15) is 0 Å². The molecule has 0 spiro atoms. The van der Waals surface area contributed by atoms with Crippen molar-refractivity contribution in [1.29, 1.82) is 0 Å². The maximum absolute atomic E-state index is 4.98. The van der Waals surface area contributed by atoms with E-state index < -0.39 is 0 Å². The van der Waals surface area contributed by atoms with Gasteiger partial charge in [0.1, 0.15) is 11.3 Å². The molecule has 2 fully saturated rings. The lowest BCUT2D eigenvalue weighted by atomic mass is 10.1. The molecule has 0 bridgehead atoms. The second-order valence-electron chi connectivity index (χ2n) is 6.50. The van der Waals surface area contributed by atoms with Crippen molar-refractivity contribution in [3.8, 4) is 0 Å². The number of aromatic nitrogens is 3. The Hall–Kier alpha value is -1.42. The molecule has 0 aromatic carbocycles. The van der Waals surface area contributed by atoms with Crippen molar-refractivity contribution < 1.29 is 0 Å². The molecule has 0 N–H and O–H groups in total. The quantitative estimate of drug-likeness (QED) is 0.866. The number of pyridine rings is 1. The fourth-order valence-corrected chi connectivity index (χ4v) is 4.09. The monoisotopic (exact) mass is 284 g/mol. The molecular formula is C17H24N4. The minimum absolute atomic E-state index is 0.583. The van der Waals surface area contributed by atoms with E-state index in [4.69, 9.17) is 4.98 Å². The Bertz CT molecular complexity index is 627. The molecule has 21 heavy (non-hydrogen) atoms. The van der Waals surface area contributed by atoms with Gasteiger partial charge in [0.2, 0.25) is 0 Å². The lowest BCUT2D eigenvalue weighted by molar-refractivity contribution is 0.350. The van der Waals surface area contributed by atoms with E-state index in [0.29, 0.717) is 12.0 Å². The van der Waals surface area contributed by atoms with E-state index in [2.05, 4.69) is 27.4 Å². The van der Waals surface area contributed by atoms with Crippen LogP contribution in [0, 0.1) is 0 Å². The van der Waals surface area contributed by atoms with Crippen molar-refractivity contribution in [2.75, 3.05) is 19.6 Å². The van der Waals surface area contributed by atoms with Gasteiger partial charge < -0.3 is 9.47 Å². The third-order valence-electron chi connectivity index (χ3n) is 5.25. The molecule has 1 saturated carbocycles. The number of likely N-dealkylation sites (N-methyl/N-ethyl adjacent to an activating group) is 1. The first kappa shape index (κ1) is 13.3. The highest BCUT2D eigenvalue weighted by molar-refractivity contribution is 5.71. The highest BCUT2D eigenvalue weighted by Crippen LogP contribution is 2.37. The lowest BCUT2D eigenvalue weighted by Crippen LogP contribution is -2.21. The minimum Gasteiger partial charge on any atom is -0.309 e. The van der Waals surface area contributed by atoms with E-state index in [9.17, 15) is 0 Å². The summed E-state index contributed by atoms with van der Waals surface area (Å²) >= 11 is 0. The van der Waals surface area contributed by atoms with Crippen LogP contribution in [0.25, 0.3) is 11.2 Å². The third-order valence-corrected chi connectivity index (χ3v) is 5.25. The first-order valence-corrected chi connectivity index (χ1v) is 8.42. The molecule has 1 unspecified atom stereocenters. The summed E-state index contributed by atoms with van der Waals surface area (Å²) < 4.78 is 2.49. The van der Waals surface area contributed by atoms with Gasteiger partial charge in [-0.3, -0.25) is 0 Å². The molecule has 0 amide bonds. The van der Waals surface area contributed by atoms with Crippen LogP contribution in [0.3, 0.4) is 0 Å². The predicted octanol–water partition coefficient (Wildman–Crippen LogP) is 3.36. The van der Waals surface area contributed by atoms with Crippen LogP contribution >= 0.6 is 0 Å². The second-order valence-corrected chi connectivity index (χ2v) is 6.50. The average Bonchev–Trinajstić information content (AvgIpc) is 3.24. The standard InChI is InChI=1S/C17H24N4/c1-2-20-11-9-13(12-20)16-19-15-8-5-10-18-17(15)21(16)14-6-3-4-7-14/h5,8,10,13-14H,2-4,6-7,9,11-12H2,1H3. The van der Waals surface area contributed by atoms with E-state index in [0.717, 1.165) is 24.3 Å². The SMILES string of the molecule is CCN1CCC(c2nc3cccnc3n2C2CCCC2)C1. The van der Waals surface area contributed by atoms with Gasteiger partial charge in [-0.15, -0.1) is 0 Å². The van der Waals surface area contributed by atoms with Crippen LogP contribution in [-0.2, 0) is 0 Å². The summed E-state index contributed by atoms with van der Waals surface area (Å²) in [5.74, 6) is 1.88. The fourth-order valence-electron chi connectivity index (χ4n) is 4.09. The fraction of sp³-hybridized carbons (Fsp3) is 0.647. The van der Waals surface area contributed by atoms with E-state index >= 15 is 0 Å². The van der Waals surface area contributed by atoms with E-state index in [-0.39, 0.29) is 0 Å². The second kappa shape index (κ2) is 5.41. The summed E-state index contributed by atoms with van der Waals surface area (Å²) in [5.41, 5.74) is 2.18. The molecule has 1 atom stereocenters. The zero-order valence-corrected chi connectivity index (χ0v) is 12.8. The Balaban J connectivity index is 1.78. The maximum Gasteiger partial charge on any atom is 0.160 e. The predicted molar refractivity (Wildman–Crippen MR) is 84.5 cm³/mol. The number of hydrogen-bond donors (Lipinski definition) is 0. The number of nitrogens with zero attached hydrogens (tertiary/aromatic N) is 4. The van der Waals surface area contributed by atoms with Crippen LogP contribution in [0.2, 0.25) is 0 Å². The first-order valence-electron chi connectivity index (χ1n) is 8.42.